The number of esters is 2. The number of benzene rings is 4. The Morgan fingerprint density at radius 3 is 1.06 bits per heavy atom. The number of rotatable bonds is 8. The second-order valence-electron chi connectivity index (χ2n) is 11.3. The molecule has 0 atom stereocenters. The van der Waals surface area contributed by atoms with E-state index in [2.05, 4.69) is 0 Å². The number of nitrogens with zero attached hydrogens (tertiary/aromatic N) is 4. The highest BCUT2D eigenvalue weighted by atomic mass is 16.6. The topological polar surface area (TPSA) is 157 Å². The molecular formula is C40H34N4O8. The third kappa shape index (κ3) is 7.81. The van der Waals surface area contributed by atoms with Crippen molar-refractivity contribution in [2.45, 2.75) is 27.7 Å². The lowest BCUT2D eigenvalue weighted by molar-refractivity contribution is 0.0715. The molecule has 0 aliphatic heterocycles. The van der Waals surface area contributed by atoms with Gasteiger partial charge in [-0.15, -0.1) is 0 Å². The summed E-state index contributed by atoms with van der Waals surface area (Å²) in [6, 6.07) is 23.1. The summed E-state index contributed by atoms with van der Waals surface area (Å²) in [7, 11) is 2.80. The van der Waals surface area contributed by atoms with E-state index in [4.69, 9.17) is 38.9 Å². The second-order valence-corrected chi connectivity index (χ2v) is 11.3. The summed E-state index contributed by atoms with van der Waals surface area (Å²) in [5.41, 5.74) is 2.60. The van der Waals surface area contributed by atoms with Crippen molar-refractivity contribution in [2.75, 3.05) is 14.2 Å². The van der Waals surface area contributed by atoms with Crippen LogP contribution >= 0.6 is 0 Å². The molecule has 262 valence electrons. The number of carbonyl (C=O) groups excluding carboxylic acids is 4. The van der Waals surface area contributed by atoms with Gasteiger partial charge in [0.25, 0.3) is 0 Å². The van der Waals surface area contributed by atoms with Gasteiger partial charge in [0.15, 0.2) is 35.6 Å². The molecule has 0 saturated carbocycles. The maximum absolute atomic E-state index is 14.0. The number of aromatic nitrogens is 4. The highest BCUT2D eigenvalue weighted by molar-refractivity contribution is 5.96. The van der Waals surface area contributed by atoms with E-state index in [1.54, 1.807) is 100 Å². The minimum atomic E-state index is -0.832. The van der Waals surface area contributed by atoms with Gasteiger partial charge in [-0.05, 0) is 76.2 Å². The first-order valence-electron chi connectivity index (χ1n) is 15.9. The van der Waals surface area contributed by atoms with Crippen LogP contribution in [0, 0.1) is 27.7 Å². The van der Waals surface area contributed by atoms with E-state index in [0.717, 1.165) is 0 Å². The Morgan fingerprint density at radius 2 is 0.788 bits per heavy atom. The number of methoxy groups -OCH3 is 2. The van der Waals surface area contributed by atoms with Crippen LogP contribution in [0.3, 0.4) is 0 Å². The van der Waals surface area contributed by atoms with E-state index in [1.165, 1.54) is 26.4 Å². The van der Waals surface area contributed by atoms with E-state index >= 15 is 0 Å². The third-order valence-electron chi connectivity index (χ3n) is 7.87. The van der Waals surface area contributed by atoms with Crippen molar-refractivity contribution in [3.8, 4) is 23.0 Å². The Labute approximate surface area is 299 Å². The lowest BCUT2D eigenvalue weighted by Crippen LogP contribution is -2.15. The fourth-order valence-corrected chi connectivity index (χ4v) is 5.45. The smallest absolute Gasteiger partial charge is 0.347 e. The molecule has 4 aromatic carbocycles. The summed E-state index contributed by atoms with van der Waals surface area (Å²) in [4.78, 5) is 70.9. The third-order valence-corrected chi connectivity index (χ3v) is 7.87. The molecule has 12 heteroatoms. The first-order valence-corrected chi connectivity index (χ1v) is 15.9. The largest absolute Gasteiger partial charge is 0.493 e. The molecule has 0 unspecified atom stereocenters. The summed E-state index contributed by atoms with van der Waals surface area (Å²) >= 11 is 0. The van der Waals surface area contributed by atoms with Crippen LogP contribution in [-0.4, -0.2) is 58.7 Å². The normalized spacial score (nSPS) is 10.4. The van der Waals surface area contributed by atoms with Gasteiger partial charge < -0.3 is 18.9 Å². The van der Waals surface area contributed by atoms with Crippen LogP contribution in [0.15, 0.2) is 84.9 Å². The summed E-state index contributed by atoms with van der Waals surface area (Å²) in [5.74, 6) is -1.40. The molecule has 0 radical (unpaired) electrons. The van der Waals surface area contributed by atoms with Gasteiger partial charge in [0, 0.05) is 0 Å². The SMILES string of the molecule is COc1cccc(C=O)c1OC(=O)c1c(C)nc2ccccc2nc(C)c(C(=O)Oc2c(C=O)cccc2OC)c(C)nc2ccccc2nc1C. The van der Waals surface area contributed by atoms with Crippen LogP contribution < -0.4 is 18.9 Å². The van der Waals surface area contributed by atoms with Crippen molar-refractivity contribution in [3.63, 3.8) is 0 Å². The minimum Gasteiger partial charge on any atom is -0.493 e. The van der Waals surface area contributed by atoms with Crippen LogP contribution in [-0.2, 0) is 0 Å². The molecule has 0 spiro atoms. The Hall–Kier alpha value is -6.82. The molecule has 1 heterocycles. The van der Waals surface area contributed by atoms with Gasteiger partial charge >= 0.3 is 11.9 Å². The Balaban J connectivity index is 1.84. The first-order chi connectivity index (χ1) is 25.1. The Morgan fingerprint density at radius 1 is 0.481 bits per heavy atom. The van der Waals surface area contributed by atoms with E-state index in [0.29, 0.717) is 34.6 Å². The van der Waals surface area contributed by atoms with Gasteiger partial charge in [-0.3, -0.25) is 29.5 Å². The maximum atomic E-state index is 14.0. The van der Waals surface area contributed by atoms with Crippen molar-refractivity contribution < 1.29 is 38.1 Å². The van der Waals surface area contributed by atoms with Gasteiger partial charge in [0.1, 0.15) is 11.1 Å². The molecule has 0 saturated heterocycles. The molecule has 0 bridgehead atoms. The number of para-hydroxylation sites is 6. The summed E-state index contributed by atoms with van der Waals surface area (Å²) in [6.07, 6.45) is 1.13. The molecule has 0 aliphatic carbocycles. The van der Waals surface area contributed by atoms with Crippen molar-refractivity contribution in [3.05, 3.63) is 130 Å². The van der Waals surface area contributed by atoms with Crippen molar-refractivity contribution in [1.29, 1.82) is 0 Å². The highest BCUT2D eigenvalue weighted by Gasteiger charge is 2.22. The lowest BCUT2D eigenvalue weighted by Gasteiger charge is -2.12. The zero-order valence-corrected chi connectivity index (χ0v) is 29.3. The number of fused-ring (bicyclic) bond motifs is 2. The van der Waals surface area contributed by atoms with Crippen LogP contribution in [0.5, 0.6) is 23.0 Å². The highest BCUT2D eigenvalue weighted by Crippen LogP contribution is 2.32. The Kier molecular flexibility index (Phi) is 11.4. The molecule has 0 N–H and O–H groups in total. The average Bonchev–Trinajstić information content (AvgIpc) is 3.13. The van der Waals surface area contributed by atoms with Crippen molar-refractivity contribution in [2.24, 2.45) is 0 Å². The van der Waals surface area contributed by atoms with E-state index in [9.17, 15) is 19.2 Å². The lowest BCUT2D eigenvalue weighted by atomic mass is 10.1. The van der Waals surface area contributed by atoms with Crippen LogP contribution in [0.1, 0.15) is 64.2 Å². The second kappa shape index (κ2) is 16.3. The molecule has 0 fully saturated rings. The minimum absolute atomic E-state index is 0.0180. The first kappa shape index (κ1) is 36.5. The molecule has 1 aromatic heterocycles. The zero-order valence-electron chi connectivity index (χ0n) is 29.3. The number of ether oxygens (including phenoxy) is 4. The summed E-state index contributed by atoms with van der Waals surface area (Å²) in [6.45, 7) is 6.49. The summed E-state index contributed by atoms with van der Waals surface area (Å²) < 4.78 is 22.4. The standard InChI is InChI=1S/C40H34N4O8/c1-23-35(39(47)51-37-27(21-45)13-11-19-33(37)49-5)24(2)42-31-17-9-10-18-32(31)44-26(4)36(25(3)43-30-16-8-7-15-29(30)41-23)40(48)52-38-28(22-46)14-12-20-34(38)50-6/h7-22H,1-6H3. The van der Waals surface area contributed by atoms with E-state index in [1.807, 2.05) is 0 Å². The van der Waals surface area contributed by atoms with Gasteiger partial charge in [-0.25, -0.2) is 9.59 Å². The fraction of sp³-hybridized carbons (Fsp3) is 0.150. The molecule has 0 amide bonds. The monoisotopic (exact) mass is 698 g/mol. The van der Waals surface area contributed by atoms with Gasteiger partial charge in [-0.2, -0.15) is 0 Å². The summed E-state index contributed by atoms with van der Waals surface area (Å²) in [5, 5.41) is 0. The van der Waals surface area contributed by atoms with E-state index in [-0.39, 0.29) is 68.0 Å². The van der Waals surface area contributed by atoms with Crippen LogP contribution in [0.2, 0.25) is 0 Å². The van der Waals surface area contributed by atoms with Gasteiger partial charge in [0.2, 0.25) is 0 Å². The Bertz CT molecular complexity index is 2120. The molecule has 5 rings (SSSR count). The number of carbonyl (C=O) groups is 4. The maximum Gasteiger partial charge on any atom is 0.347 e. The molecule has 0 aliphatic rings. The molecule has 12 nitrogen and oxygen atoms in total. The van der Waals surface area contributed by atoms with Crippen molar-refractivity contribution in [1.82, 2.24) is 19.9 Å². The quantitative estimate of drug-likeness (QED) is 0.0918. The molecule has 52 heavy (non-hydrogen) atoms. The van der Waals surface area contributed by atoms with Crippen LogP contribution in [0.4, 0.5) is 0 Å². The number of aldehydes is 2. The van der Waals surface area contributed by atoms with Gasteiger partial charge in [0.05, 0.1) is 70.2 Å². The fourth-order valence-electron chi connectivity index (χ4n) is 5.45. The predicted molar refractivity (Wildman–Crippen MR) is 194 cm³/mol. The molecular weight excluding hydrogens is 664 g/mol. The van der Waals surface area contributed by atoms with Crippen LogP contribution in [0.25, 0.3) is 22.1 Å². The predicted octanol–water partition coefficient (Wildman–Crippen LogP) is 7.14. The van der Waals surface area contributed by atoms with E-state index < -0.39 is 11.9 Å². The number of aryl methyl sites for hydroxylation is 4. The average molecular weight is 699 g/mol. The zero-order chi connectivity index (χ0) is 37.4. The van der Waals surface area contributed by atoms with Crippen molar-refractivity contribution >= 4 is 46.6 Å². The number of hydrogen-bond donors (Lipinski definition) is 0. The molecule has 5 aromatic rings. The van der Waals surface area contributed by atoms with Gasteiger partial charge in [-0.1, -0.05) is 36.4 Å². The number of hydrogen-bond acceptors (Lipinski definition) is 12.